The second kappa shape index (κ2) is 9.78. The smallest absolute Gasteiger partial charge is 0.368 e. The summed E-state index contributed by atoms with van der Waals surface area (Å²) in [7, 11) is 0. The molecule has 0 bridgehead atoms. The normalized spacial score (nSPS) is 17.8. The number of anilines is 2. The van der Waals surface area contributed by atoms with Gasteiger partial charge in [0.15, 0.2) is 11.6 Å². The van der Waals surface area contributed by atoms with Crippen LogP contribution in [-0.4, -0.2) is 28.5 Å². The first-order valence-electron chi connectivity index (χ1n) is 11.4. The number of rotatable bonds is 7. The third kappa shape index (κ3) is 6.38. The Morgan fingerprint density at radius 2 is 1.72 bits per heavy atom. The average Bonchev–Trinajstić information content (AvgIpc) is 3.22. The van der Waals surface area contributed by atoms with Crippen LogP contribution in [0.15, 0.2) is 24.3 Å². The number of nitrogens with two attached hydrogens (primary N) is 1. The van der Waals surface area contributed by atoms with E-state index in [4.69, 9.17) is 5.73 Å². The van der Waals surface area contributed by atoms with Crippen LogP contribution in [0.3, 0.4) is 0 Å². The molecule has 3 N–H and O–H groups in total. The Kier molecular flexibility index (Phi) is 7.48. The molecular formula is C24H29F6N5O. The zero-order valence-electron chi connectivity index (χ0n) is 20.4. The van der Waals surface area contributed by atoms with Gasteiger partial charge in [-0.05, 0) is 30.2 Å². The van der Waals surface area contributed by atoms with E-state index < -0.39 is 58.8 Å². The molecule has 3 rings (SSSR count). The SMILES string of the molecule is CC(C)(C)CC(Nc1nc(C(F)(F)F)nc(N2CCCC2c2ccc(C(C)(F)F)cc2)c1F)C(N)=O. The Bertz CT molecular complexity index is 1090. The third-order valence-electron chi connectivity index (χ3n) is 5.89. The van der Waals surface area contributed by atoms with Gasteiger partial charge >= 0.3 is 6.18 Å². The summed E-state index contributed by atoms with van der Waals surface area (Å²) in [5, 5.41) is 2.45. The zero-order chi connectivity index (χ0) is 27.1. The minimum absolute atomic E-state index is 0.114. The lowest BCUT2D eigenvalue weighted by molar-refractivity contribution is -0.144. The van der Waals surface area contributed by atoms with Gasteiger partial charge in [-0.25, -0.2) is 18.7 Å². The lowest BCUT2D eigenvalue weighted by Gasteiger charge is -2.29. The standard InChI is InChI=1S/C24H29F6N5O/c1-22(2,3)12-15(18(31)36)32-19-17(25)20(34-21(33-19)24(28,29)30)35-11-5-6-16(35)13-7-9-14(10-8-13)23(4,26)27/h7-10,15-16H,5-6,11-12H2,1-4H3,(H2,31,36)(H,32,33,34). The fourth-order valence-corrected chi connectivity index (χ4v) is 4.21. The van der Waals surface area contributed by atoms with Crippen molar-refractivity contribution in [1.29, 1.82) is 0 Å². The summed E-state index contributed by atoms with van der Waals surface area (Å²) >= 11 is 0. The second-order valence-corrected chi connectivity index (χ2v) is 10.3. The van der Waals surface area contributed by atoms with Crippen molar-refractivity contribution in [3.63, 3.8) is 0 Å². The maximum Gasteiger partial charge on any atom is 0.451 e. The molecule has 2 unspecified atom stereocenters. The van der Waals surface area contributed by atoms with Crippen LogP contribution in [-0.2, 0) is 16.9 Å². The summed E-state index contributed by atoms with van der Waals surface area (Å²) < 4.78 is 83.8. The quantitative estimate of drug-likeness (QED) is 0.455. The number of aromatic nitrogens is 2. The van der Waals surface area contributed by atoms with Gasteiger partial charge in [0.1, 0.15) is 6.04 Å². The molecule has 1 aliphatic heterocycles. The average molecular weight is 518 g/mol. The lowest BCUT2D eigenvalue weighted by Crippen LogP contribution is -2.39. The number of amides is 1. The molecule has 1 aliphatic rings. The Morgan fingerprint density at radius 1 is 1.11 bits per heavy atom. The lowest BCUT2D eigenvalue weighted by atomic mass is 9.88. The van der Waals surface area contributed by atoms with Crippen molar-refractivity contribution in [2.75, 3.05) is 16.8 Å². The topological polar surface area (TPSA) is 84.1 Å². The summed E-state index contributed by atoms with van der Waals surface area (Å²) in [4.78, 5) is 20.1. The largest absolute Gasteiger partial charge is 0.451 e. The predicted octanol–water partition coefficient (Wildman–Crippen LogP) is 5.79. The van der Waals surface area contributed by atoms with E-state index in [2.05, 4.69) is 15.3 Å². The summed E-state index contributed by atoms with van der Waals surface area (Å²) in [6.07, 6.45) is -3.92. The molecule has 2 aromatic rings. The highest BCUT2D eigenvalue weighted by Gasteiger charge is 2.40. The maximum atomic E-state index is 15.6. The highest BCUT2D eigenvalue weighted by Crippen LogP contribution is 2.40. The number of carbonyl (C=O) groups excluding carboxylic acids is 1. The number of hydrogen-bond acceptors (Lipinski definition) is 5. The van der Waals surface area contributed by atoms with Crippen LogP contribution in [0.5, 0.6) is 0 Å². The van der Waals surface area contributed by atoms with Crippen molar-refractivity contribution in [3.8, 4) is 0 Å². The molecule has 2 heterocycles. The zero-order valence-corrected chi connectivity index (χ0v) is 20.4. The van der Waals surface area contributed by atoms with Crippen LogP contribution >= 0.6 is 0 Å². The van der Waals surface area contributed by atoms with Crippen molar-refractivity contribution >= 4 is 17.5 Å². The molecule has 0 saturated carbocycles. The molecule has 198 valence electrons. The molecule has 1 amide bonds. The van der Waals surface area contributed by atoms with Crippen molar-refractivity contribution in [3.05, 3.63) is 47.0 Å². The first kappa shape index (κ1) is 27.5. The van der Waals surface area contributed by atoms with E-state index in [1.165, 1.54) is 29.2 Å². The van der Waals surface area contributed by atoms with Crippen molar-refractivity contribution in [1.82, 2.24) is 9.97 Å². The number of carbonyl (C=O) groups is 1. The van der Waals surface area contributed by atoms with E-state index in [0.29, 0.717) is 18.4 Å². The summed E-state index contributed by atoms with van der Waals surface area (Å²) in [6, 6.07) is 3.60. The number of benzene rings is 1. The monoisotopic (exact) mass is 517 g/mol. The van der Waals surface area contributed by atoms with E-state index >= 15 is 4.39 Å². The van der Waals surface area contributed by atoms with Crippen LogP contribution in [0, 0.1) is 11.2 Å². The molecule has 2 atom stereocenters. The number of nitrogens with zero attached hydrogens (tertiary/aromatic N) is 3. The van der Waals surface area contributed by atoms with E-state index in [0.717, 1.165) is 6.92 Å². The van der Waals surface area contributed by atoms with E-state index in [-0.39, 0.29) is 18.5 Å². The third-order valence-corrected chi connectivity index (χ3v) is 5.89. The van der Waals surface area contributed by atoms with E-state index in [9.17, 15) is 26.7 Å². The Hall–Kier alpha value is -3.05. The highest BCUT2D eigenvalue weighted by molar-refractivity contribution is 5.83. The fraction of sp³-hybridized carbons (Fsp3) is 0.542. The molecule has 1 aromatic heterocycles. The molecule has 1 aromatic carbocycles. The van der Waals surface area contributed by atoms with Gasteiger partial charge in [0.2, 0.25) is 17.5 Å². The van der Waals surface area contributed by atoms with Crippen LogP contribution in [0.25, 0.3) is 0 Å². The van der Waals surface area contributed by atoms with E-state index in [1.54, 1.807) is 20.8 Å². The number of alkyl halides is 5. The molecule has 36 heavy (non-hydrogen) atoms. The molecule has 0 radical (unpaired) electrons. The molecule has 1 fully saturated rings. The summed E-state index contributed by atoms with van der Waals surface area (Å²) in [6.45, 7) is 6.32. The van der Waals surface area contributed by atoms with Gasteiger partial charge in [0.05, 0.1) is 6.04 Å². The first-order chi connectivity index (χ1) is 16.5. The van der Waals surface area contributed by atoms with Crippen LogP contribution < -0.4 is 16.0 Å². The molecule has 12 heteroatoms. The second-order valence-electron chi connectivity index (χ2n) is 10.3. The van der Waals surface area contributed by atoms with Gasteiger partial charge in [0.25, 0.3) is 5.92 Å². The molecule has 6 nitrogen and oxygen atoms in total. The number of nitrogens with one attached hydrogen (secondary N) is 1. The van der Waals surface area contributed by atoms with Gasteiger partial charge in [0, 0.05) is 19.0 Å². The van der Waals surface area contributed by atoms with Gasteiger partial charge in [-0.1, -0.05) is 45.0 Å². The van der Waals surface area contributed by atoms with Gasteiger partial charge < -0.3 is 16.0 Å². The van der Waals surface area contributed by atoms with Crippen LogP contribution in [0.2, 0.25) is 0 Å². The molecule has 0 aliphatic carbocycles. The van der Waals surface area contributed by atoms with Gasteiger partial charge in [-0.2, -0.15) is 17.6 Å². The van der Waals surface area contributed by atoms with Crippen molar-refractivity contribution < 1.29 is 31.1 Å². The minimum atomic E-state index is -4.99. The Morgan fingerprint density at radius 3 is 2.22 bits per heavy atom. The van der Waals surface area contributed by atoms with E-state index in [1.807, 2.05) is 0 Å². The highest BCUT2D eigenvalue weighted by atomic mass is 19.4. The Labute approximate surface area is 205 Å². The number of primary amides is 1. The first-order valence-corrected chi connectivity index (χ1v) is 11.4. The molecular weight excluding hydrogens is 488 g/mol. The van der Waals surface area contributed by atoms with Crippen LogP contribution in [0.1, 0.15) is 70.0 Å². The predicted molar refractivity (Wildman–Crippen MR) is 123 cm³/mol. The maximum absolute atomic E-state index is 15.6. The fourth-order valence-electron chi connectivity index (χ4n) is 4.21. The van der Waals surface area contributed by atoms with Crippen LogP contribution in [0.4, 0.5) is 38.0 Å². The van der Waals surface area contributed by atoms with Gasteiger partial charge in [-0.3, -0.25) is 4.79 Å². The van der Waals surface area contributed by atoms with Crippen molar-refractivity contribution in [2.45, 2.75) is 71.1 Å². The summed E-state index contributed by atoms with van der Waals surface area (Å²) in [5.74, 6) is -8.04. The minimum Gasteiger partial charge on any atom is -0.368 e. The Balaban J connectivity index is 2.04. The number of hydrogen-bond donors (Lipinski definition) is 2. The summed E-state index contributed by atoms with van der Waals surface area (Å²) in [5.41, 5.74) is 5.28. The molecule has 1 saturated heterocycles. The molecule has 0 spiro atoms. The van der Waals surface area contributed by atoms with Crippen molar-refractivity contribution in [2.24, 2.45) is 11.1 Å². The van der Waals surface area contributed by atoms with Gasteiger partial charge in [-0.15, -0.1) is 0 Å². The number of halogens is 6.